The first-order valence-electron chi connectivity index (χ1n) is 7.55. The SMILES string of the molecule is C[NH+](CC(=O)NC(=O)NC(C)(C)C)Cc1ccc2c(c1)OCO2. The van der Waals surface area contributed by atoms with Crippen molar-refractivity contribution in [3.05, 3.63) is 23.8 Å². The van der Waals surface area contributed by atoms with Crippen LogP contribution in [0.3, 0.4) is 0 Å². The molecular weight excluding hydrogens is 298 g/mol. The summed E-state index contributed by atoms with van der Waals surface area (Å²) < 4.78 is 10.6. The standard InChI is InChI=1S/C16H23N3O4/c1-16(2,3)18-15(21)17-14(20)9-19(4)8-11-5-6-12-13(7-11)23-10-22-12/h5-7H,8-10H2,1-4H3,(H2,17,18,20,21)/p+1. The lowest BCUT2D eigenvalue weighted by Gasteiger charge is -2.20. The highest BCUT2D eigenvalue weighted by atomic mass is 16.7. The van der Waals surface area contributed by atoms with Gasteiger partial charge in [-0.05, 0) is 39.0 Å². The molecule has 0 aliphatic carbocycles. The fourth-order valence-electron chi connectivity index (χ4n) is 2.28. The summed E-state index contributed by atoms with van der Waals surface area (Å²) >= 11 is 0. The molecule has 1 aliphatic rings. The third-order valence-corrected chi connectivity index (χ3v) is 3.15. The van der Waals surface area contributed by atoms with Crippen LogP contribution in [0.25, 0.3) is 0 Å². The van der Waals surface area contributed by atoms with Crippen LogP contribution < -0.4 is 25.0 Å². The molecule has 0 saturated carbocycles. The minimum Gasteiger partial charge on any atom is -0.454 e. The summed E-state index contributed by atoms with van der Waals surface area (Å²) in [5.74, 6) is 1.15. The van der Waals surface area contributed by atoms with E-state index < -0.39 is 6.03 Å². The minimum atomic E-state index is -0.474. The number of amides is 3. The molecule has 7 heteroatoms. The van der Waals surface area contributed by atoms with Gasteiger partial charge in [-0.3, -0.25) is 10.1 Å². The number of ether oxygens (including phenoxy) is 2. The van der Waals surface area contributed by atoms with Crippen LogP contribution in [-0.4, -0.2) is 37.9 Å². The maximum absolute atomic E-state index is 11.9. The molecule has 0 bridgehead atoms. The summed E-state index contributed by atoms with van der Waals surface area (Å²) in [6.45, 7) is 6.65. The summed E-state index contributed by atoms with van der Waals surface area (Å²) in [6, 6.07) is 5.25. The number of urea groups is 1. The molecule has 23 heavy (non-hydrogen) atoms. The van der Waals surface area contributed by atoms with Gasteiger partial charge in [-0.2, -0.15) is 0 Å². The van der Waals surface area contributed by atoms with Crippen LogP contribution in [0.15, 0.2) is 18.2 Å². The lowest BCUT2D eigenvalue weighted by molar-refractivity contribution is -0.885. The average Bonchev–Trinajstić information content (AvgIpc) is 2.82. The van der Waals surface area contributed by atoms with E-state index in [1.165, 1.54) is 0 Å². The van der Waals surface area contributed by atoms with Crippen molar-refractivity contribution in [2.24, 2.45) is 0 Å². The maximum Gasteiger partial charge on any atom is 0.322 e. The summed E-state index contributed by atoms with van der Waals surface area (Å²) in [5, 5.41) is 5.03. The molecule has 3 amide bonds. The Hall–Kier alpha value is -2.28. The maximum atomic E-state index is 11.9. The van der Waals surface area contributed by atoms with E-state index in [4.69, 9.17) is 9.47 Å². The van der Waals surface area contributed by atoms with Gasteiger partial charge in [0.05, 0.1) is 7.05 Å². The summed E-state index contributed by atoms with van der Waals surface area (Å²) in [5.41, 5.74) is 0.661. The third-order valence-electron chi connectivity index (χ3n) is 3.15. The van der Waals surface area contributed by atoms with Crippen LogP contribution in [0.2, 0.25) is 0 Å². The molecule has 0 aromatic heterocycles. The van der Waals surface area contributed by atoms with Crippen LogP contribution in [0.4, 0.5) is 4.79 Å². The largest absolute Gasteiger partial charge is 0.454 e. The molecule has 1 atom stereocenters. The smallest absolute Gasteiger partial charge is 0.322 e. The Balaban J connectivity index is 1.81. The van der Waals surface area contributed by atoms with Gasteiger partial charge in [-0.15, -0.1) is 0 Å². The van der Waals surface area contributed by atoms with Gasteiger partial charge in [0.25, 0.3) is 5.91 Å². The molecule has 1 aliphatic heterocycles. The fraction of sp³-hybridized carbons (Fsp3) is 0.500. The number of hydrogen-bond donors (Lipinski definition) is 3. The molecule has 126 valence electrons. The molecule has 0 spiro atoms. The Morgan fingerprint density at radius 3 is 2.61 bits per heavy atom. The summed E-state index contributed by atoms with van der Waals surface area (Å²) in [6.07, 6.45) is 0. The normalized spacial score (nSPS) is 14.3. The van der Waals surface area contributed by atoms with Crippen LogP contribution in [-0.2, 0) is 11.3 Å². The van der Waals surface area contributed by atoms with Crippen LogP contribution in [0, 0.1) is 0 Å². The van der Waals surface area contributed by atoms with Crippen molar-refractivity contribution >= 4 is 11.9 Å². The molecular formula is C16H24N3O4+. The van der Waals surface area contributed by atoms with Gasteiger partial charge in [0.15, 0.2) is 18.0 Å². The highest BCUT2D eigenvalue weighted by molar-refractivity contribution is 5.94. The van der Waals surface area contributed by atoms with E-state index >= 15 is 0 Å². The Kier molecular flexibility index (Phi) is 5.10. The molecule has 3 N–H and O–H groups in total. The van der Waals surface area contributed by atoms with Crippen molar-refractivity contribution in [2.75, 3.05) is 20.4 Å². The van der Waals surface area contributed by atoms with Crippen LogP contribution >= 0.6 is 0 Å². The zero-order chi connectivity index (χ0) is 17.0. The molecule has 7 nitrogen and oxygen atoms in total. The van der Waals surface area contributed by atoms with E-state index in [1.807, 2.05) is 46.0 Å². The Bertz CT molecular complexity index is 595. The van der Waals surface area contributed by atoms with Gasteiger partial charge in [0, 0.05) is 11.1 Å². The van der Waals surface area contributed by atoms with Crippen molar-refractivity contribution in [2.45, 2.75) is 32.9 Å². The van der Waals surface area contributed by atoms with E-state index in [0.29, 0.717) is 6.54 Å². The predicted octanol–water partition coefficient (Wildman–Crippen LogP) is 0.0543. The second-order valence-electron chi connectivity index (χ2n) is 6.75. The van der Waals surface area contributed by atoms with E-state index in [-0.39, 0.29) is 24.8 Å². The van der Waals surface area contributed by atoms with Gasteiger partial charge in [-0.1, -0.05) is 0 Å². The third kappa shape index (κ3) is 5.45. The number of carbonyl (C=O) groups excluding carboxylic acids is 2. The van der Waals surface area contributed by atoms with Crippen molar-refractivity contribution in [3.8, 4) is 11.5 Å². The Labute approximate surface area is 135 Å². The highest BCUT2D eigenvalue weighted by Crippen LogP contribution is 2.32. The monoisotopic (exact) mass is 322 g/mol. The van der Waals surface area contributed by atoms with E-state index in [9.17, 15) is 9.59 Å². The van der Waals surface area contributed by atoms with Gasteiger partial charge >= 0.3 is 6.03 Å². The summed E-state index contributed by atoms with van der Waals surface area (Å²) in [4.78, 5) is 24.5. The molecule has 1 aromatic rings. The molecule has 2 rings (SSSR count). The predicted molar refractivity (Wildman–Crippen MR) is 84.5 cm³/mol. The first-order valence-corrected chi connectivity index (χ1v) is 7.55. The molecule has 1 unspecified atom stereocenters. The van der Waals surface area contributed by atoms with Crippen molar-refractivity contribution < 1.29 is 24.0 Å². The number of rotatable bonds is 4. The molecule has 1 heterocycles. The minimum absolute atomic E-state index is 0.200. The molecule has 0 radical (unpaired) electrons. The number of nitrogens with one attached hydrogen (secondary N) is 3. The van der Waals surface area contributed by atoms with Gasteiger partial charge in [-0.25, -0.2) is 4.79 Å². The second kappa shape index (κ2) is 6.87. The number of likely N-dealkylation sites (N-methyl/N-ethyl adjacent to an activating group) is 1. The second-order valence-corrected chi connectivity index (χ2v) is 6.75. The van der Waals surface area contributed by atoms with Crippen LogP contribution in [0.5, 0.6) is 11.5 Å². The lowest BCUT2D eigenvalue weighted by atomic mass is 10.1. The average molecular weight is 322 g/mol. The quantitative estimate of drug-likeness (QED) is 0.732. The summed E-state index contributed by atoms with van der Waals surface area (Å²) in [7, 11) is 1.89. The first kappa shape index (κ1) is 17.1. The first-order chi connectivity index (χ1) is 10.7. The van der Waals surface area contributed by atoms with E-state index in [0.717, 1.165) is 22.0 Å². The van der Waals surface area contributed by atoms with Gasteiger partial charge < -0.3 is 19.7 Å². The number of hydrogen-bond acceptors (Lipinski definition) is 4. The van der Waals surface area contributed by atoms with E-state index in [2.05, 4.69) is 10.6 Å². The number of fused-ring (bicyclic) bond motifs is 1. The van der Waals surface area contributed by atoms with Gasteiger partial charge in [0.1, 0.15) is 6.54 Å². The molecule has 1 aromatic carbocycles. The Morgan fingerprint density at radius 1 is 1.22 bits per heavy atom. The lowest BCUT2D eigenvalue weighted by Crippen LogP contribution is -3.09. The number of imide groups is 1. The van der Waals surface area contributed by atoms with Crippen molar-refractivity contribution in [3.63, 3.8) is 0 Å². The Morgan fingerprint density at radius 2 is 1.91 bits per heavy atom. The topological polar surface area (TPSA) is 81.1 Å². The number of carbonyl (C=O) groups is 2. The number of benzene rings is 1. The zero-order valence-electron chi connectivity index (χ0n) is 14.0. The van der Waals surface area contributed by atoms with Gasteiger partial charge in [0.2, 0.25) is 6.79 Å². The van der Waals surface area contributed by atoms with Crippen LogP contribution in [0.1, 0.15) is 26.3 Å². The molecule has 0 saturated heterocycles. The van der Waals surface area contributed by atoms with Crippen molar-refractivity contribution in [1.29, 1.82) is 0 Å². The van der Waals surface area contributed by atoms with E-state index in [1.54, 1.807) is 0 Å². The molecule has 0 fully saturated rings. The highest BCUT2D eigenvalue weighted by Gasteiger charge is 2.19. The number of quaternary nitrogens is 1. The zero-order valence-corrected chi connectivity index (χ0v) is 14.0. The fourth-order valence-corrected chi connectivity index (χ4v) is 2.28. The van der Waals surface area contributed by atoms with Crippen molar-refractivity contribution in [1.82, 2.24) is 10.6 Å².